The Morgan fingerprint density at radius 3 is 2.50 bits per heavy atom. The molecule has 2 heterocycles. The van der Waals surface area contributed by atoms with Crippen LogP contribution in [0, 0.1) is 5.82 Å². The highest BCUT2D eigenvalue weighted by molar-refractivity contribution is 5.78. The zero-order chi connectivity index (χ0) is 20.9. The standard InChI is InChI=1S/C23H28FN3O3/c1-17(18-6-7-21-22(14-18)30-13-12-29-21)25-23(28)16-27-10-8-26(9-11-27)15-19-4-2-3-5-20(19)24/h2-7,14,17H,8-13,15-16H2,1H3,(H,25,28)/t17-/m0/s1. The number of nitrogens with zero attached hydrogens (tertiary/aromatic N) is 2. The van der Waals surface area contributed by atoms with Gasteiger partial charge in [0.1, 0.15) is 19.0 Å². The van der Waals surface area contributed by atoms with Crippen LogP contribution in [-0.4, -0.2) is 61.6 Å². The van der Waals surface area contributed by atoms with E-state index in [1.54, 1.807) is 6.07 Å². The van der Waals surface area contributed by atoms with Gasteiger partial charge in [-0.2, -0.15) is 0 Å². The Morgan fingerprint density at radius 2 is 1.73 bits per heavy atom. The number of nitrogens with one attached hydrogen (secondary N) is 1. The van der Waals surface area contributed by atoms with Gasteiger partial charge >= 0.3 is 0 Å². The molecule has 1 N–H and O–H groups in total. The Hall–Kier alpha value is -2.64. The van der Waals surface area contributed by atoms with E-state index in [-0.39, 0.29) is 17.8 Å². The van der Waals surface area contributed by atoms with Crippen LogP contribution in [0.15, 0.2) is 42.5 Å². The van der Waals surface area contributed by atoms with Gasteiger partial charge in [0, 0.05) is 38.3 Å². The summed E-state index contributed by atoms with van der Waals surface area (Å²) in [5.74, 6) is 1.31. The summed E-state index contributed by atoms with van der Waals surface area (Å²) >= 11 is 0. The summed E-state index contributed by atoms with van der Waals surface area (Å²) in [5.41, 5.74) is 1.71. The SMILES string of the molecule is C[C@H](NC(=O)CN1CCN(Cc2ccccc2F)CC1)c1ccc2c(c1)OCCO2. The number of ether oxygens (including phenoxy) is 2. The van der Waals surface area contributed by atoms with E-state index in [1.165, 1.54) is 6.07 Å². The van der Waals surface area contributed by atoms with Crippen LogP contribution in [0.2, 0.25) is 0 Å². The first kappa shape index (κ1) is 20.6. The number of piperazine rings is 1. The van der Waals surface area contributed by atoms with Crippen LogP contribution in [0.3, 0.4) is 0 Å². The van der Waals surface area contributed by atoms with E-state index in [0.717, 1.165) is 48.8 Å². The lowest BCUT2D eigenvalue weighted by Gasteiger charge is -2.34. The first-order valence-corrected chi connectivity index (χ1v) is 10.5. The van der Waals surface area contributed by atoms with Gasteiger partial charge in [-0.1, -0.05) is 24.3 Å². The zero-order valence-corrected chi connectivity index (χ0v) is 17.3. The second-order valence-corrected chi connectivity index (χ2v) is 7.84. The molecule has 2 aliphatic heterocycles. The van der Waals surface area contributed by atoms with Crippen molar-refractivity contribution in [2.45, 2.75) is 19.5 Å². The van der Waals surface area contributed by atoms with Crippen molar-refractivity contribution in [1.82, 2.24) is 15.1 Å². The van der Waals surface area contributed by atoms with Crippen molar-refractivity contribution in [3.05, 3.63) is 59.4 Å². The molecule has 0 spiro atoms. The minimum atomic E-state index is -0.160. The van der Waals surface area contributed by atoms with Gasteiger partial charge in [0.2, 0.25) is 5.91 Å². The Morgan fingerprint density at radius 1 is 1.03 bits per heavy atom. The lowest BCUT2D eigenvalue weighted by Crippen LogP contribution is -2.49. The maximum absolute atomic E-state index is 13.8. The lowest BCUT2D eigenvalue weighted by molar-refractivity contribution is -0.123. The number of carbonyl (C=O) groups is 1. The van der Waals surface area contributed by atoms with Crippen LogP contribution < -0.4 is 14.8 Å². The molecule has 30 heavy (non-hydrogen) atoms. The molecule has 1 fully saturated rings. The van der Waals surface area contributed by atoms with Crippen LogP contribution in [0.1, 0.15) is 24.1 Å². The maximum atomic E-state index is 13.8. The third kappa shape index (κ3) is 5.09. The van der Waals surface area contributed by atoms with Gasteiger partial charge in [0.05, 0.1) is 12.6 Å². The van der Waals surface area contributed by atoms with Gasteiger partial charge in [0.15, 0.2) is 11.5 Å². The average molecular weight is 413 g/mol. The zero-order valence-electron chi connectivity index (χ0n) is 17.3. The molecule has 2 aliphatic rings. The summed E-state index contributed by atoms with van der Waals surface area (Å²) in [4.78, 5) is 16.9. The molecular weight excluding hydrogens is 385 g/mol. The number of hydrogen-bond acceptors (Lipinski definition) is 5. The molecule has 160 valence electrons. The molecule has 0 saturated carbocycles. The third-order valence-corrected chi connectivity index (χ3v) is 5.63. The molecule has 1 saturated heterocycles. The molecule has 0 unspecified atom stereocenters. The third-order valence-electron chi connectivity index (χ3n) is 5.63. The van der Waals surface area contributed by atoms with E-state index < -0.39 is 0 Å². The number of carbonyl (C=O) groups excluding carboxylic acids is 1. The predicted molar refractivity (Wildman–Crippen MR) is 112 cm³/mol. The Balaban J connectivity index is 1.23. The van der Waals surface area contributed by atoms with E-state index in [9.17, 15) is 9.18 Å². The molecule has 2 aromatic rings. The fourth-order valence-corrected chi connectivity index (χ4v) is 3.88. The van der Waals surface area contributed by atoms with E-state index in [2.05, 4.69) is 15.1 Å². The van der Waals surface area contributed by atoms with Gasteiger partial charge in [-0.3, -0.25) is 14.6 Å². The molecule has 7 heteroatoms. The van der Waals surface area contributed by atoms with E-state index >= 15 is 0 Å². The van der Waals surface area contributed by atoms with Gasteiger partial charge in [-0.05, 0) is 30.7 Å². The van der Waals surface area contributed by atoms with Crippen molar-refractivity contribution >= 4 is 5.91 Å². The first-order valence-electron chi connectivity index (χ1n) is 10.5. The fraction of sp³-hybridized carbons (Fsp3) is 0.435. The number of rotatable bonds is 6. The van der Waals surface area contributed by atoms with Gasteiger partial charge in [-0.25, -0.2) is 4.39 Å². The lowest BCUT2D eigenvalue weighted by atomic mass is 10.1. The topological polar surface area (TPSA) is 54.0 Å². The molecular formula is C23H28FN3O3. The van der Waals surface area contributed by atoms with Crippen molar-refractivity contribution < 1.29 is 18.7 Å². The van der Waals surface area contributed by atoms with Crippen LogP contribution in [0.5, 0.6) is 11.5 Å². The molecule has 1 amide bonds. The highest BCUT2D eigenvalue weighted by Gasteiger charge is 2.21. The number of benzene rings is 2. The second kappa shape index (κ2) is 9.45. The normalized spacial score (nSPS) is 18.1. The number of halogens is 1. The first-order chi connectivity index (χ1) is 14.6. The summed E-state index contributed by atoms with van der Waals surface area (Å²) < 4.78 is 25.0. The predicted octanol–water partition coefficient (Wildman–Crippen LogP) is 2.59. The Labute approximate surface area is 176 Å². The highest BCUT2D eigenvalue weighted by Crippen LogP contribution is 2.32. The molecule has 6 nitrogen and oxygen atoms in total. The molecule has 4 rings (SSSR count). The monoisotopic (exact) mass is 413 g/mol. The smallest absolute Gasteiger partial charge is 0.234 e. The molecule has 0 aliphatic carbocycles. The van der Waals surface area contributed by atoms with Crippen LogP contribution >= 0.6 is 0 Å². The van der Waals surface area contributed by atoms with Crippen LogP contribution in [0.4, 0.5) is 4.39 Å². The molecule has 0 aromatic heterocycles. The highest BCUT2D eigenvalue weighted by atomic mass is 19.1. The summed E-state index contributed by atoms with van der Waals surface area (Å²) in [6.07, 6.45) is 0. The maximum Gasteiger partial charge on any atom is 0.234 e. The molecule has 2 aromatic carbocycles. The van der Waals surface area contributed by atoms with E-state index in [4.69, 9.17) is 9.47 Å². The van der Waals surface area contributed by atoms with Crippen molar-refractivity contribution in [1.29, 1.82) is 0 Å². The molecule has 0 radical (unpaired) electrons. The summed E-state index contributed by atoms with van der Waals surface area (Å²) in [5, 5.41) is 3.07. The summed E-state index contributed by atoms with van der Waals surface area (Å²) in [6.45, 7) is 7.26. The minimum Gasteiger partial charge on any atom is -0.486 e. The largest absolute Gasteiger partial charge is 0.486 e. The second-order valence-electron chi connectivity index (χ2n) is 7.84. The average Bonchev–Trinajstić information content (AvgIpc) is 2.76. The van der Waals surface area contributed by atoms with E-state index in [1.807, 2.05) is 37.3 Å². The van der Waals surface area contributed by atoms with Gasteiger partial charge < -0.3 is 14.8 Å². The Kier molecular flexibility index (Phi) is 6.50. The molecule has 0 bridgehead atoms. The van der Waals surface area contributed by atoms with Crippen LogP contribution in [0.25, 0.3) is 0 Å². The van der Waals surface area contributed by atoms with E-state index in [0.29, 0.717) is 26.3 Å². The molecule has 1 atom stereocenters. The number of amides is 1. The van der Waals surface area contributed by atoms with Crippen LogP contribution in [-0.2, 0) is 11.3 Å². The van der Waals surface area contributed by atoms with Crippen molar-refractivity contribution in [2.75, 3.05) is 45.9 Å². The number of hydrogen-bond donors (Lipinski definition) is 1. The Bertz CT molecular complexity index is 884. The van der Waals surface area contributed by atoms with Gasteiger partial charge in [-0.15, -0.1) is 0 Å². The minimum absolute atomic E-state index is 0.0000529. The van der Waals surface area contributed by atoms with Gasteiger partial charge in [0.25, 0.3) is 0 Å². The fourth-order valence-electron chi connectivity index (χ4n) is 3.88. The summed E-state index contributed by atoms with van der Waals surface area (Å²) in [6, 6.07) is 12.6. The van der Waals surface area contributed by atoms with Crippen molar-refractivity contribution in [3.63, 3.8) is 0 Å². The van der Waals surface area contributed by atoms with Crippen molar-refractivity contribution in [3.8, 4) is 11.5 Å². The van der Waals surface area contributed by atoms with Crippen molar-refractivity contribution in [2.24, 2.45) is 0 Å². The number of fused-ring (bicyclic) bond motifs is 1. The summed E-state index contributed by atoms with van der Waals surface area (Å²) in [7, 11) is 0. The quantitative estimate of drug-likeness (QED) is 0.789.